The van der Waals surface area contributed by atoms with Crippen molar-refractivity contribution in [2.75, 3.05) is 26.3 Å². The molecule has 0 atom stereocenters. The molecule has 1 aliphatic heterocycles. The van der Waals surface area contributed by atoms with Crippen molar-refractivity contribution in [2.45, 2.75) is 33.0 Å². The molecule has 1 saturated heterocycles. The number of H-pyrrole nitrogens is 1. The van der Waals surface area contributed by atoms with E-state index in [1.165, 1.54) is 10.9 Å². The van der Waals surface area contributed by atoms with Crippen LogP contribution in [0, 0.1) is 11.8 Å². The highest BCUT2D eigenvalue weighted by Gasteiger charge is 2.18. The van der Waals surface area contributed by atoms with Gasteiger partial charge in [0.15, 0.2) is 0 Å². The zero-order valence-electron chi connectivity index (χ0n) is 21.9. The molecule has 10 heteroatoms. The maximum Gasteiger partial charge on any atom is 0.329 e. The number of aromatic hydroxyl groups is 1. The van der Waals surface area contributed by atoms with Crippen LogP contribution in [0.2, 0.25) is 0 Å². The maximum absolute atomic E-state index is 13.2. The highest BCUT2D eigenvalue weighted by Crippen LogP contribution is 2.23. The number of aromatic nitrogens is 5. The third kappa shape index (κ3) is 6.00. The third-order valence-corrected chi connectivity index (χ3v) is 6.58. The Bertz CT molecular complexity index is 1620. The summed E-state index contributed by atoms with van der Waals surface area (Å²) in [6, 6.07) is 11.6. The Morgan fingerprint density at radius 1 is 1.00 bits per heavy atom. The Kier molecular flexibility index (Phi) is 7.72. The van der Waals surface area contributed by atoms with Crippen molar-refractivity contribution >= 4 is 0 Å². The van der Waals surface area contributed by atoms with Gasteiger partial charge >= 0.3 is 5.69 Å². The van der Waals surface area contributed by atoms with Crippen LogP contribution >= 0.6 is 0 Å². The lowest BCUT2D eigenvalue weighted by Crippen LogP contribution is -2.35. The van der Waals surface area contributed by atoms with E-state index in [1.807, 2.05) is 50.2 Å². The summed E-state index contributed by atoms with van der Waals surface area (Å²) >= 11 is 0. The smallest absolute Gasteiger partial charge is 0.329 e. The summed E-state index contributed by atoms with van der Waals surface area (Å²) in [5, 5.41) is 10.0. The Morgan fingerprint density at radius 3 is 2.41 bits per heavy atom. The zero-order valence-corrected chi connectivity index (χ0v) is 21.9. The molecule has 39 heavy (non-hydrogen) atoms. The molecule has 10 nitrogen and oxygen atoms in total. The molecule has 0 radical (unpaired) electrons. The minimum absolute atomic E-state index is 0.0237. The van der Waals surface area contributed by atoms with Crippen LogP contribution in [0.4, 0.5) is 0 Å². The largest absolute Gasteiger partial charge is 0.502 e. The van der Waals surface area contributed by atoms with Crippen LogP contribution in [-0.4, -0.2) is 60.4 Å². The third-order valence-electron chi connectivity index (χ3n) is 6.58. The van der Waals surface area contributed by atoms with Gasteiger partial charge in [0, 0.05) is 49.2 Å². The van der Waals surface area contributed by atoms with Gasteiger partial charge in [0.2, 0.25) is 5.75 Å². The van der Waals surface area contributed by atoms with Crippen LogP contribution in [0.5, 0.6) is 5.75 Å². The van der Waals surface area contributed by atoms with Crippen molar-refractivity contribution < 1.29 is 9.84 Å². The van der Waals surface area contributed by atoms with E-state index >= 15 is 0 Å². The first-order valence-electron chi connectivity index (χ1n) is 12.8. The highest BCUT2D eigenvalue weighted by molar-refractivity contribution is 5.61. The molecule has 3 aromatic heterocycles. The van der Waals surface area contributed by atoms with Crippen LogP contribution in [-0.2, 0) is 17.8 Å². The number of imidazole rings is 1. The summed E-state index contributed by atoms with van der Waals surface area (Å²) in [5.41, 5.74) is 3.49. The van der Waals surface area contributed by atoms with Crippen molar-refractivity contribution in [3.05, 3.63) is 98.5 Å². The van der Waals surface area contributed by atoms with Crippen molar-refractivity contribution in [1.82, 2.24) is 29.0 Å². The number of hydrogen-bond acceptors (Lipinski definition) is 7. The number of hydrogen-bond donors (Lipinski definition) is 2. The molecular formula is C29H30N6O4. The van der Waals surface area contributed by atoms with Crippen LogP contribution in [0.1, 0.15) is 42.4 Å². The van der Waals surface area contributed by atoms with Gasteiger partial charge in [0.05, 0.1) is 37.5 Å². The van der Waals surface area contributed by atoms with Gasteiger partial charge in [-0.25, -0.2) is 9.78 Å². The fraction of sp³-hybridized carbons (Fsp3) is 0.310. The monoisotopic (exact) mass is 526 g/mol. The van der Waals surface area contributed by atoms with Crippen molar-refractivity contribution in [1.29, 1.82) is 0 Å². The lowest BCUT2D eigenvalue weighted by atomic mass is 10.1. The number of nitrogens with one attached hydrogen (secondary N) is 1. The summed E-state index contributed by atoms with van der Waals surface area (Å²) in [4.78, 5) is 38.1. The predicted molar refractivity (Wildman–Crippen MR) is 146 cm³/mol. The summed E-state index contributed by atoms with van der Waals surface area (Å²) < 4.78 is 8.52. The summed E-state index contributed by atoms with van der Waals surface area (Å²) in [5.74, 6) is 5.85. The average molecular weight is 527 g/mol. The van der Waals surface area contributed by atoms with Crippen molar-refractivity contribution in [3.8, 4) is 28.8 Å². The SMILES string of the molecule is CC(C)n1c(-c2ccc(C#Cc3ccc(CN4CCOCC4)nc3)cc2)cn(Cc2nc[nH]c(=O)c2O)c1=O. The molecule has 1 aliphatic rings. The van der Waals surface area contributed by atoms with Gasteiger partial charge in [-0.1, -0.05) is 24.0 Å². The number of rotatable bonds is 6. The van der Waals surface area contributed by atoms with Crippen LogP contribution in [0.15, 0.2) is 64.7 Å². The normalized spacial score (nSPS) is 13.8. The Morgan fingerprint density at radius 2 is 1.72 bits per heavy atom. The van der Waals surface area contributed by atoms with Gasteiger partial charge in [-0.05, 0) is 43.7 Å². The van der Waals surface area contributed by atoms with Gasteiger partial charge in [0.1, 0.15) is 5.69 Å². The summed E-state index contributed by atoms with van der Waals surface area (Å²) in [7, 11) is 0. The fourth-order valence-corrected chi connectivity index (χ4v) is 4.49. The lowest BCUT2D eigenvalue weighted by molar-refractivity contribution is 0.0336. The van der Waals surface area contributed by atoms with E-state index in [0.717, 1.165) is 60.9 Å². The van der Waals surface area contributed by atoms with Crippen LogP contribution in [0.3, 0.4) is 0 Å². The van der Waals surface area contributed by atoms with Crippen LogP contribution in [0.25, 0.3) is 11.3 Å². The van der Waals surface area contributed by atoms with Crippen molar-refractivity contribution in [3.63, 3.8) is 0 Å². The molecule has 1 aromatic carbocycles. The first kappa shape index (κ1) is 26.2. The van der Waals surface area contributed by atoms with E-state index < -0.39 is 11.3 Å². The number of benzene rings is 1. The van der Waals surface area contributed by atoms with E-state index in [2.05, 4.69) is 31.7 Å². The van der Waals surface area contributed by atoms with Gasteiger partial charge in [-0.15, -0.1) is 0 Å². The van der Waals surface area contributed by atoms with Crippen LogP contribution < -0.4 is 11.2 Å². The number of pyridine rings is 1. The average Bonchev–Trinajstić information content (AvgIpc) is 3.27. The molecule has 200 valence electrons. The number of nitrogens with zero attached hydrogens (tertiary/aromatic N) is 5. The molecule has 0 spiro atoms. The molecule has 2 N–H and O–H groups in total. The molecule has 4 heterocycles. The van der Waals surface area contributed by atoms with E-state index in [-0.39, 0.29) is 24.0 Å². The van der Waals surface area contributed by atoms with Gasteiger partial charge in [0.25, 0.3) is 5.56 Å². The van der Waals surface area contributed by atoms with E-state index in [1.54, 1.807) is 17.0 Å². The van der Waals surface area contributed by atoms with E-state index in [9.17, 15) is 14.7 Å². The number of aromatic amines is 1. The minimum Gasteiger partial charge on any atom is -0.502 e. The molecule has 0 aliphatic carbocycles. The van der Waals surface area contributed by atoms with Crippen molar-refractivity contribution in [2.24, 2.45) is 0 Å². The molecular weight excluding hydrogens is 496 g/mol. The summed E-state index contributed by atoms with van der Waals surface area (Å²) in [6.07, 6.45) is 4.72. The summed E-state index contributed by atoms with van der Waals surface area (Å²) in [6.45, 7) is 8.02. The minimum atomic E-state index is -0.645. The quantitative estimate of drug-likeness (QED) is 0.370. The van der Waals surface area contributed by atoms with E-state index in [4.69, 9.17) is 4.74 Å². The lowest BCUT2D eigenvalue weighted by Gasteiger charge is -2.26. The Hall–Kier alpha value is -4.46. The molecule has 0 amide bonds. The number of ether oxygens (including phenoxy) is 1. The maximum atomic E-state index is 13.2. The number of morpholine rings is 1. The second-order valence-electron chi connectivity index (χ2n) is 9.67. The molecule has 1 fully saturated rings. The standard InChI is InChI=1S/C29H30N6O4/c1-20(2)35-26(18-34(29(35)38)17-25-27(36)28(37)32-19-31-25)23-8-5-21(6-9-23)3-4-22-7-10-24(30-15-22)16-33-11-13-39-14-12-33/h5-10,15,18-20,36H,11-14,16-17H2,1-2H3,(H,31,32,37). The van der Waals surface area contributed by atoms with E-state index in [0.29, 0.717) is 0 Å². The fourth-order valence-electron chi connectivity index (χ4n) is 4.49. The molecule has 0 unspecified atom stereocenters. The first-order valence-corrected chi connectivity index (χ1v) is 12.8. The topological polar surface area (TPSA) is 118 Å². The van der Waals surface area contributed by atoms with Gasteiger partial charge in [-0.2, -0.15) is 0 Å². The zero-order chi connectivity index (χ0) is 27.4. The predicted octanol–water partition coefficient (Wildman–Crippen LogP) is 2.36. The Labute approximate surface area is 225 Å². The van der Waals surface area contributed by atoms with Gasteiger partial charge < -0.3 is 14.8 Å². The molecule has 4 aromatic rings. The second-order valence-corrected chi connectivity index (χ2v) is 9.67. The molecule has 0 bridgehead atoms. The molecule has 0 saturated carbocycles. The first-order chi connectivity index (χ1) is 18.9. The molecule has 5 rings (SSSR count). The van der Waals surface area contributed by atoms with Gasteiger partial charge in [-0.3, -0.25) is 23.8 Å². The second kappa shape index (κ2) is 11.5. The Balaban J connectivity index is 1.33. The highest BCUT2D eigenvalue weighted by atomic mass is 16.5.